The first-order valence-corrected chi connectivity index (χ1v) is 8.19. The molecule has 2 aromatic carbocycles. The van der Waals surface area contributed by atoms with Crippen LogP contribution in [0.25, 0.3) is 0 Å². The van der Waals surface area contributed by atoms with E-state index in [9.17, 15) is 9.59 Å². The van der Waals surface area contributed by atoms with Crippen molar-refractivity contribution in [1.82, 2.24) is 10.2 Å². The molecule has 1 N–H and O–H groups in total. The quantitative estimate of drug-likeness (QED) is 0.877. The summed E-state index contributed by atoms with van der Waals surface area (Å²) in [6, 6.07) is 13.3. The van der Waals surface area contributed by atoms with Crippen LogP contribution in [0.4, 0.5) is 0 Å². The average molecular weight is 365 g/mol. The molecule has 0 aliphatic rings. The Morgan fingerprint density at radius 3 is 2.42 bits per heavy atom. The van der Waals surface area contributed by atoms with Crippen LogP contribution in [0.15, 0.2) is 48.5 Å². The molecule has 0 saturated carbocycles. The molecule has 1 atom stereocenters. The van der Waals surface area contributed by atoms with E-state index in [4.69, 9.17) is 23.2 Å². The topological polar surface area (TPSA) is 49.4 Å². The lowest BCUT2D eigenvalue weighted by Crippen LogP contribution is -2.45. The Bertz CT molecular complexity index is 735. The highest BCUT2D eigenvalue weighted by atomic mass is 35.5. The molecule has 0 aromatic heterocycles. The summed E-state index contributed by atoms with van der Waals surface area (Å²) in [7, 11) is 1.67. The van der Waals surface area contributed by atoms with Crippen LogP contribution < -0.4 is 5.32 Å². The maximum Gasteiger partial charge on any atom is 0.251 e. The maximum atomic E-state index is 12.4. The molecule has 0 aliphatic carbocycles. The Hall–Kier alpha value is -2.04. The van der Waals surface area contributed by atoms with Gasteiger partial charge in [0, 0.05) is 29.2 Å². The van der Waals surface area contributed by atoms with Gasteiger partial charge >= 0.3 is 0 Å². The van der Waals surface area contributed by atoms with Crippen molar-refractivity contribution in [2.45, 2.75) is 19.5 Å². The second kappa shape index (κ2) is 8.18. The summed E-state index contributed by atoms with van der Waals surface area (Å²) in [5, 5.41) is 3.75. The predicted octanol–water partition coefficient (Wildman–Crippen LogP) is 3.77. The number of hydrogen-bond acceptors (Lipinski definition) is 2. The number of likely N-dealkylation sites (N-methyl/N-ethyl adjacent to an activating group) is 1. The Kier molecular flexibility index (Phi) is 6.23. The zero-order chi connectivity index (χ0) is 17.7. The molecule has 2 rings (SSSR count). The second-order valence-electron chi connectivity index (χ2n) is 5.49. The second-order valence-corrected chi connectivity index (χ2v) is 6.33. The van der Waals surface area contributed by atoms with Crippen LogP contribution in [0.1, 0.15) is 22.8 Å². The smallest absolute Gasteiger partial charge is 0.251 e. The van der Waals surface area contributed by atoms with Crippen LogP contribution in [-0.2, 0) is 11.3 Å². The van der Waals surface area contributed by atoms with Crippen molar-refractivity contribution >= 4 is 35.0 Å². The van der Waals surface area contributed by atoms with E-state index in [1.807, 2.05) is 6.07 Å². The van der Waals surface area contributed by atoms with Gasteiger partial charge in [-0.25, -0.2) is 0 Å². The van der Waals surface area contributed by atoms with Crippen LogP contribution in [0, 0.1) is 0 Å². The van der Waals surface area contributed by atoms with Crippen LogP contribution in [0.2, 0.25) is 10.0 Å². The highest BCUT2D eigenvalue weighted by Gasteiger charge is 2.20. The summed E-state index contributed by atoms with van der Waals surface area (Å²) >= 11 is 12.0. The van der Waals surface area contributed by atoms with Crippen LogP contribution in [-0.4, -0.2) is 29.8 Å². The summed E-state index contributed by atoms with van der Waals surface area (Å²) in [5.74, 6) is -0.486. The fourth-order valence-corrected chi connectivity index (χ4v) is 2.71. The predicted molar refractivity (Wildman–Crippen MR) is 96.3 cm³/mol. The molecule has 0 saturated heterocycles. The summed E-state index contributed by atoms with van der Waals surface area (Å²) in [5.41, 5.74) is 1.30. The van der Waals surface area contributed by atoms with Crippen molar-refractivity contribution in [3.05, 3.63) is 69.7 Å². The number of rotatable bonds is 5. The first-order valence-electron chi connectivity index (χ1n) is 7.43. The molecular formula is C18H18Cl2N2O2. The molecule has 24 heavy (non-hydrogen) atoms. The third-order valence-electron chi connectivity index (χ3n) is 3.55. The summed E-state index contributed by atoms with van der Waals surface area (Å²) in [4.78, 5) is 26.1. The molecule has 0 radical (unpaired) electrons. The normalized spacial score (nSPS) is 11.7. The number of halogens is 2. The van der Waals surface area contributed by atoms with Gasteiger partial charge < -0.3 is 10.2 Å². The SMILES string of the molecule is C[C@H](NC(=O)c1ccccc1)C(=O)N(C)Cc1ccc(Cl)cc1Cl. The van der Waals surface area contributed by atoms with E-state index < -0.39 is 6.04 Å². The lowest BCUT2D eigenvalue weighted by molar-refractivity contribution is -0.132. The zero-order valence-electron chi connectivity index (χ0n) is 13.4. The van der Waals surface area contributed by atoms with Crippen LogP contribution in [0.5, 0.6) is 0 Å². The largest absolute Gasteiger partial charge is 0.341 e. The molecule has 6 heteroatoms. The molecule has 0 heterocycles. The van der Waals surface area contributed by atoms with E-state index >= 15 is 0 Å². The van der Waals surface area contributed by atoms with Crippen LogP contribution >= 0.6 is 23.2 Å². The number of carbonyl (C=O) groups is 2. The molecule has 0 aliphatic heterocycles. The third-order valence-corrected chi connectivity index (χ3v) is 4.14. The van der Waals surface area contributed by atoms with Crippen molar-refractivity contribution in [1.29, 1.82) is 0 Å². The number of carbonyl (C=O) groups excluding carboxylic acids is 2. The minimum Gasteiger partial charge on any atom is -0.341 e. The Balaban J connectivity index is 1.98. The van der Waals surface area contributed by atoms with Crippen LogP contribution in [0.3, 0.4) is 0 Å². The fraction of sp³-hybridized carbons (Fsp3) is 0.222. The van der Waals surface area contributed by atoms with Gasteiger partial charge in [-0.3, -0.25) is 9.59 Å². The van der Waals surface area contributed by atoms with Crippen molar-refractivity contribution in [3.8, 4) is 0 Å². The molecule has 4 nitrogen and oxygen atoms in total. The molecule has 0 unspecified atom stereocenters. The van der Waals surface area contributed by atoms with Crippen molar-refractivity contribution in [3.63, 3.8) is 0 Å². The summed E-state index contributed by atoms with van der Waals surface area (Å²) in [6.07, 6.45) is 0. The monoisotopic (exact) mass is 364 g/mol. The van der Waals surface area contributed by atoms with E-state index in [1.54, 1.807) is 56.4 Å². The van der Waals surface area contributed by atoms with Crippen molar-refractivity contribution in [2.75, 3.05) is 7.05 Å². The highest BCUT2D eigenvalue weighted by molar-refractivity contribution is 6.35. The van der Waals surface area contributed by atoms with E-state index in [-0.39, 0.29) is 11.8 Å². The van der Waals surface area contributed by atoms with Gasteiger partial charge in [-0.15, -0.1) is 0 Å². The van der Waals surface area contributed by atoms with Crippen molar-refractivity contribution < 1.29 is 9.59 Å². The standard InChI is InChI=1S/C18H18Cl2N2O2/c1-12(21-17(23)13-6-4-3-5-7-13)18(24)22(2)11-14-8-9-15(19)10-16(14)20/h3-10,12H,11H2,1-2H3,(H,21,23)/t12-/m0/s1. The summed E-state index contributed by atoms with van der Waals surface area (Å²) < 4.78 is 0. The van der Waals surface area contributed by atoms with E-state index in [2.05, 4.69) is 5.32 Å². The lowest BCUT2D eigenvalue weighted by atomic mass is 10.1. The number of benzene rings is 2. The average Bonchev–Trinajstić information content (AvgIpc) is 2.57. The number of amides is 2. The van der Waals surface area contributed by atoms with Gasteiger partial charge in [0.1, 0.15) is 6.04 Å². The molecule has 0 fully saturated rings. The Morgan fingerprint density at radius 1 is 1.12 bits per heavy atom. The first kappa shape index (κ1) is 18.3. The van der Waals surface area contributed by atoms with Gasteiger partial charge in [-0.1, -0.05) is 47.5 Å². The Labute approximate surface area is 151 Å². The zero-order valence-corrected chi connectivity index (χ0v) is 14.9. The van der Waals surface area contributed by atoms with E-state index in [1.165, 1.54) is 4.90 Å². The van der Waals surface area contributed by atoms with Gasteiger partial charge in [0.2, 0.25) is 5.91 Å². The number of nitrogens with zero attached hydrogens (tertiary/aromatic N) is 1. The first-order chi connectivity index (χ1) is 11.4. The molecule has 0 bridgehead atoms. The molecule has 126 valence electrons. The summed E-state index contributed by atoms with van der Waals surface area (Å²) in [6.45, 7) is 1.99. The third kappa shape index (κ3) is 4.73. The Morgan fingerprint density at radius 2 is 1.79 bits per heavy atom. The molecule has 2 amide bonds. The minimum absolute atomic E-state index is 0.203. The van der Waals surface area contributed by atoms with E-state index in [0.717, 1.165) is 5.56 Å². The van der Waals surface area contributed by atoms with Crippen molar-refractivity contribution in [2.24, 2.45) is 0 Å². The van der Waals surface area contributed by atoms with Gasteiger partial charge in [0.25, 0.3) is 5.91 Å². The molecule has 2 aromatic rings. The highest BCUT2D eigenvalue weighted by Crippen LogP contribution is 2.22. The fourth-order valence-electron chi connectivity index (χ4n) is 2.25. The minimum atomic E-state index is -0.645. The lowest BCUT2D eigenvalue weighted by Gasteiger charge is -2.22. The van der Waals surface area contributed by atoms with Gasteiger partial charge in [-0.05, 0) is 36.8 Å². The van der Waals surface area contributed by atoms with Gasteiger partial charge in [0.05, 0.1) is 0 Å². The molecule has 0 spiro atoms. The number of nitrogens with one attached hydrogen (secondary N) is 1. The van der Waals surface area contributed by atoms with Gasteiger partial charge in [0.15, 0.2) is 0 Å². The number of hydrogen-bond donors (Lipinski definition) is 1. The van der Waals surface area contributed by atoms with Gasteiger partial charge in [-0.2, -0.15) is 0 Å². The van der Waals surface area contributed by atoms with E-state index in [0.29, 0.717) is 22.2 Å². The molecular weight excluding hydrogens is 347 g/mol. The maximum absolute atomic E-state index is 12.4.